The number of hydrogen-bond acceptors (Lipinski definition) is 5. The number of rotatable bonds is 7. The van der Waals surface area contributed by atoms with Gasteiger partial charge in [-0.25, -0.2) is 8.42 Å². The molecule has 1 heterocycles. The summed E-state index contributed by atoms with van der Waals surface area (Å²) in [7, 11) is -2.01. The fourth-order valence-electron chi connectivity index (χ4n) is 2.56. The van der Waals surface area contributed by atoms with Gasteiger partial charge in [0.25, 0.3) is 5.91 Å². The Morgan fingerprint density at radius 1 is 1.24 bits per heavy atom. The average molecular weight is 362 g/mol. The molecule has 0 saturated carbocycles. The van der Waals surface area contributed by atoms with Crippen LogP contribution in [0.2, 0.25) is 0 Å². The van der Waals surface area contributed by atoms with Crippen molar-refractivity contribution < 1.29 is 17.9 Å². The molecule has 0 spiro atoms. The number of aromatic nitrogens is 1. The lowest BCUT2D eigenvalue weighted by molar-refractivity contribution is 0.0934. The van der Waals surface area contributed by atoms with Crippen molar-refractivity contribution in [3.8, 4) is 5.75 Å². The number of sulfone groups is 1. The van der Waals surface area contributed by atoms with E-state index >= 15 is 0 Å². The predicted molar refractivity (Wildman–Crippen MR) is 95.5 cm³/mol. The highest BCUT2D eigenvalue weighted by Crippen LogP contribution is 2.29. The van der Waals surface area contributed by atoms with Gasteiger partial charge in [-0.1, -0.05) is 19.4 Å². The smallest absolute Gasteiger partial charge is 0.251 e. The molecule has 2 aromatic rings. The van der Waals surface area contributed by atoms with E-state index in [0.717, 1.165) is 18.2 Å². The molecule has 0 aliphatic heterocycles. The third kappa shape index (κ3) is 4.79. The van der Waals surface area contributed by atoms with Crippen molar-refractivity contribution in [1.29, 1.82) is 0 Å². The van der Waals surface area contributed by atoms with Crippen molar-refractivity contribution in [2.75, 3.05) is 13.4 Å². The maximum Gasteiger partial charge on any atom is 0.251 e. The topological polar surface area (TPSA) is 85.4 Å². The van der Waals surface area contributed by atoms with Gasteiger partial charge in [-0.15, -0.1) is 0 Å². The standard InChI is InChI=1S/C18H22N2O4S/c1-4-5-15(20-18(21)13-8-10-19-11-9-13)14-6-7-16(24-2)17(12-14)25(3,22)23/h6-12,15H,4-5H2,1-3H3,(H,20,21)/t15-/m0/s1. The normalized spacial score (nSPS) is 12.4. The second kappa shape index (κ2) is 8.11. The van der Waals surface area contributed by atoms with E-state index in [4.69, 9.17) is 4.74 Å². The maximum absolute atomic E-state index is 12.4. The van der Waals surface area contributed by atoms with Crippen LogP contribution in [0.1, 0.15) is 41.7 Å². The molecule has 2 rings (SSSR count). The van der Waals surface area contributed by atoms with Gasteiger partial charge in [-0.2, -0.15) is 0 Å². The van der Waals surface area contributed by atoms with E-state index in [1.807, 2.05) is 6.92 Å². The van der Waals surface area contributed by atoms with Gasteiger partial charge in [0.15, 0.2) is 9.84 Å². The van der Waals surface area contributed by atoms with Crippen LogP contribution in [0.15, 0.2) is 47.6 Å². The molecule has 0 saturated heterocycles. The summed E-state index contributed by atoms with van der Waals surface area (Å²) in [5.41, 5.74) is 1.23. The highest BCUT2D eigenvalue weighted by Gasteiger charge is 2.20. The fourth-order valence-corrected chi connectivity index (χ4v) is 3.42. The molecular weight excluding hydrogens is 340 g/mol. The summed E-state index contributed by atoms with van der Waals surface area (Å²) in [6, 6.07) is 7.94. The molecule has 6 nitrogen and oxygen atoms in total. The molecule has 0 aliphatic carbocycles. The number of pyridine rings is 1. The molecule has 0 radical (unpaired) electrons. The van der Waals surface area contributed by atoms with Crippen LogP contribution in [0.4, 0.5) is 0 Å². The summed E-state index contributed by atoms with van der Waals surface area (Å²) in [5, 5.41) is 2.96. The van der Waals surface area contributed by atoms with Gasteiger partial charge in [-0.05, 0) is 36.2 Å². The van der Waals surface area contributed by atoms with Crippen LogP contribution in [0, 0.1) is 0 Å². The summed E-state index contributed by atoms with van der Waals surface area (Å²) in [6.07, 6.45) is 5.77. The molecule has 1 aromatic heterocycles. The number of nitrogens with zero attached hydrogens (tertiary/aromatic N) is 1. The zero-order valence-corrected chi connectivity index (χ0v) is 15.3. The first-order chi connectivity index (χ1) is 11.9. The lowest BCUT2D eigenvalue weighted by atomic mass is 10.0. The number of carbonyl (C=O) groups is 1. The molecule has 7 heteroatoms. The average Bonchev–Trinajstić information content (AvgIpc) is 2.60. The third-order valence-electron chi connectivity index (χ3n) is 3.81. The van der Waals surface area contributed by atoms with Gasteiger partial charge in [0.2, 0.25) is 0 Å². The zero-order valence-electron chi connectivity index (χ0n) is 14.5. The molecule has 0 fully saturated rings. The number of benzene rings is 1. The summed E-state index contributed by atoms with van der Waals surface area (Å²) in [4.78, 5) is 16.4. The summed E-state index contributed by atoms with van der Waals surface area (Å²) in [5.74, 6) is 0.0690. The van der Waals surface area contributed by atoms with Gasteiger partial charge in [0.05, 0.1) is 13.2 Å². The molecular formula is C18H22N2O4S. The molecule has 1 atom stereocenters. The number of methoxy groups -OCH3 is 1. The Labute approximate surface area is 148 Å². The van der Waals surface area contributed by atoms with E-state index < -0.39 is 9.84 Å². The van der Waals surface area contributed by atoms with Crippen molar-refractivity contribution in [2.45, 2.75) is 30.7 Å². The minimum absolute atomic E-state index is 0.117. The monoisotopic (exact) mass is 362 g/mol. The minimum atomic E-state index is -3.44. The van der Waals surface area contributed by atoms with E-state index in [9.17, 15) is 13.2 Å². The molecule has 0 unspecified atom stereocenters. The van der Waals surface area contributed by atoms with Gasteiger partial charge in [0, 0.05) is 24.2 Å². The Morgan fingerprint density at radius 2 is 1.92 bits per heavy atom. The van der Waals surface area contributed by atoms with Crippen molar-refractivity contribution in [3.63, 3.8) is 0 Å². The Morgan fingerprint density at radius 3 is 2.48 bits per heavy atom. The Bertz CT molecular complexity index is 835. The van der Waals surface area contributed by atoms with Gasteiger partial charge in [-0.3, -0.25) is 9.78 Å². The van der Waals surface area contributed by atoms with Gasteiger partial charge < -0.3 is 10.1 Å². The predicted octanol–water partition coefficient (Wildman–Crippen LogP) is 2.76. The number of hydrogen-bond donors (Lipinski definition) is 1. The molecule has 1 aromatic carbocycles. The number of amides is 1. The van der Waals surface area contributed by atoms with Crippen LogP contribution in [0.25, 0.3) is 0 Å². The minimum Gasteiger partial charge on any atom is -0.495 e. The Hall–Kier alpha value is -2.41. The van der Waals surface area contributed by atoms with Crippen molar-refractivity contribution >= 4 is 15.7 Å². The highest BCUT2D eigenvalue weighted by molar-refractivity contribution is 7.90. The third-order valence-corrected chi connectivity index (χ3v) is 4.93. The van der Waals surface area contributed by atoms with E-state index in [1.165, 1.54) is 7.11 Å². The largest absolute Gasteiger partial charge is 0.495 e. The van der Waals surface area contributed by atoms with Crippen molar-refractivity contribution in [3.05, 3.63) is 53.9 Å². The fraction of sp³-hybridized carbons (Fsp3) is 0.333. The lowest BCUT2D eigenvalue weighted by Gasteiger charge is -2.20. The quantitative estimate of drug-likeness (QED) is 0.818. The SMILES string of the molecule is CCC[C@H](NC(=O)c1ccncc1)c1ccc(OC)c(S(C)(=O)=O)c1. The molecule has 0 aliphatic rings. The number of ether oxygens (including phenoxy) is 1. The molecule has 134 valence electrons. The Kier molecular flexibility index (Phi) is 6.14. The van der Waals surface area contributed by atoms with Crippen LogP contribution in [-0.2, 0) is 9.84 Å². The van der Waals surface area contributed by atoms with Crippen LogP contribution >= 0.6 is 0 Å². The molecule has 0 bridgehead atoms. The van der Waals surface area contributed by atoms with Crippen LogP contribution in [0.3, 0.4) is 0 Å². The molecule has 1 amide bonds. The van der Waals surface area contributed by atoms with Crippen molar-refractivity contribution in [2.24, 2.45) is 0 Å². The zero-order chi connectivity index (χ0) is 18.4. The van der Waals surface area contributed by atoms with Crippen molar-refractivity contribution in [1.82, 2.24) is 10.3 Å². The summed E-state index contributed by atoms with van der Waals surface area (Å²) >= 11 is 0. The summed E-state index contributed by atoms with van der Waals surface area (Å²) in [6.45, 7) is 2.01. The second-order valence-electron chi connectivity index (χ2n) is 5.73. The Balaban J connectivity index is 2.35. The first-order valence-corrected chi connectivity index (χ1v) is 9.84. The van der Waals surface area contributed by atoms with E-state index in [1.54, 1.807) is 42.7 Å². The maximum atomic E-state index is 12.4. The van der Waals surface area contributed by atoms with Crippen LogP contribution in [-0.4, -0.2) is 32.7 Å². The van der Waals surface area contributed by atoms with Gasteiger partial charge in [0.1, 0.15) is 10.6 Å². The molecule has 1 N–H and O–H groups in total. The highest BCUT2D eigenvalue weighted by atomic mass is 32.2. The van der Waals surface area contributed by atoms with E-state index in [-0.39, 0.29) is 16.8 Å². The number of nitrogens with one attached hydrogen (secondary N) is 1. The summed E-state index contributed by atoms with van der Waals surface area (Å²) < 4.78 is 29.2. The van der Waals surface area contributed by atoms with Crippen LogP contribution < -0.4 is 10.1 Å². The van der Waals surface area contributed by atoms with E-state index in [2.05, 4.69) is 10.3 Å². The number of carbonyl (C=O) groups excluding carboxylic acids is 1. The van der Waals surface area contributed by atoms with Crippen LogP contribution in [0.5, 0.6) is 5.75 Å². The second-order valence-corrected chi connectivity index (χ2v) is 7.72. The first-order valence-electron chi connectivity index (χ1n) is 7.95. The lowest BCUT2D eigenvalue weighted by Crippen LogP contribution is -2.28. The van der Waals surface area contributed by atoms with E-state index in [0.29, 0.717) is 17.7 Å². The van der Waals surface area contributed by atoms with Gasteiger partial charge >= 0.3 is 0 Å². The molecule has 25 heavy (non-hydrogen) atoms. The first kappa shape index (κ1) is 18.9.